The van der Waals surface area contributed by atoms with Crippen LogP contribution in [0, 0.1) is 5.41 Å². The van der Waals surface area contributed by atoms with Gasteiger partial charge in [-0.25, -0.2) is 0 Å². The first-order valence-corrected chi connectivity index (χ1v) is 4.88. The molecule has 13 heavy (non-hydrogen) atoms. The molecule has 5 heteroatoms. The van der Waals surface area contributed by atoms with Gasteiger partial charge < -0.3 is 9.84 Å². The number of hydrogen-bond acceptors (Lipinski definition) is 5. The Hall–Kier alpha value is -0.550. The average molecular weight is 206 g/mol. The summed E-state index contributed by atoms with van der Waals surface area (Å²) in [5, 5.41) is 8.59. The predicted molar refractivity (Wildman–Crippen MR) is 50.3 cm³/mol. The van der Waals surface area contributed by atoms with Crippen molar-refractivity contribution in [3.05, 3.63) is 0 Å². The lowest BCUT2D eigenvalue weighted by Crippen LogP contribution is -2.39. The maximum atomic E-state index is 11.4. The highest BCUT2D eigenvalue weighted by molar-refractivity contribution is 8.13. The summed E-state index contributed by atoms with van der Waals surface area (Å²) < 4.78 is 4.44. The number of methoxy groups -OCH3 is 1. The number of hydrogen-bond donors (Lipinski definition) is 1. The van der Waals surface area contributed by atoms with Crippen LogP contribution in [0.5, 0.6) is 0 Å². The Bertz CT molecular complexity index is 204. The summed E-state index contributed by atoms with van der Waals surface area (Å²) in [4.78, 5) is 22.6. The SMILES string of the molecule is CCSC(=O)[C@@](C)(CO)C(=O)OC. The maximum Gasteiger partial charge on any atom is 0.322 e. The summed E-state index contributed by atoms with van der Waals surface area (Å²) in [6.07, 6.45) is 0. The second-order valence-corrected chi connectivity index (χ2v) is 3.94. The van der Waals surface area contributed by atoms with E-state index in [1.54, 1.807) is 6.92 Å². The number of carbonyl (C=O) groups excluding carboxylic acids is 2. The minimum Gasteiger partial charge on any atom is -0.468 e. The van der Waals surface area contributed by atoms with Gasteiger partial charge in [-0.05, 0) is 12.7 Å². The number of aliphatic hydroxyl groups excluding tert-OH is 1. The third kappa shape index (κ3) is 2.70. The Kier molecular flexibility index (Phi) is 5.02. The minimum atomic E-state index is -1.42. The van der Waals surface area contributed by atoms with E-state index in [4.69, 9.17) is 5.11 Å². The Balaban J connectivity index is 4.61. The lowest BCUT2D eigenvalue weighted by molar-refractivity contribution is -0.156. The molecule has 0 aliphatic rings. The molecule has 1 atom stereocenters. The van der Waals surface area contributed by atoms with E-state index >= 15 is 0 Å². The minimum absolute atomic E-state index is 0.357. The number of thioether (sulfide) groups is 1. The zero-order valence-corrected chi connectivity index (χ0v) is 8.81. The summed E-state index contributed by atoms with van der Waals surface area (Å²) in [5.74, 6) is -0.119. The van der Waals surface area contributed by atoms with E-state index in [0.717, 1.165) is 11.8 Å². The van der Waals surface area contributed by atoms with E-state index in [9.17, 15) is 9.59 Å². The zero-order chi connectivity index (χ0) is 10.5. The van der Waals surface area contributed by atoms with Gasteiger partial charge in [0.1, 0.15) is 0 Å². The molecule has 0 spiro atoms. The van der Waals surface area contributed by atoms with Gasteiger partial charge in [-0.15, -0.1) is 0 Å². The Morgan fingerprint density at radius 2 is 2.08 bits per heavy atom. The van der Waals surface area contributed by atoms with Crippen molar-refractivity contribution in [1.82, 2.24) is 0 Å². The molecular formula is C8H14O4S. The molecule has 0 unspecified atom stereocenters. The largest absolute Gasteiger partial charge is 0.468 e. The molecule has 0 fully saturated rings. The van der Waals surface area contributed by atoms with Crippen LogP contribution in [-0.2, 0) is 14.3 Å². The van der Waals surface area contributed by atoms with Crippen LogP contribution in [0.1, 0.15) is 13.8 Å². The van der Waals surface area contributed by atoms with Crippen LogP contribution < -0.4 is 0 Å². The van der Waals surface area contributed by atoms with Gasteiger partial charge in [0.25, 0.3) is 0 Å². The fraction of sp³-hybridized carbons (Fsp3) is 0.750. The molecule has 76 valence electrons. The van der Waals surface area contributed by atoms with Gasteiger partial charge in [0, 0.05) is 0 Å². The van der Waals surface area contributed by atoms with Crippen LogP contribution in [0.4, 0.5) is 0 Å². The normalized spacial score (nSPS) is 14.8. The molecule has 0 aromatic carbocycles. The van der Waals surface area contributed by atoms with Gasteiger partial charge in [0.05, 0.1) is 13.7 Å². The molecule has 0 heterocycles. The Labute approximate surface area is 81.6 Å². The highest BCUT2D eigenvalue weighted by Crippen LogP contribution is 2.25. The first-order valence-electron chi connectivity index (χ1n) is 3.89. The van der Waals surface area contributed by atoms with Gasteiger partial charge in [0.15, 0.2) is 5.41 Å². The van der Waals surface area contributed by atoms with Crippen molar-refractivity contribution < 1.29 is 19.4 Å². The van der Waals surface area contributed by atoms with Gasteiger partial charge in [-0.1, -0.05) is 18.7 Å². The second-order valence-electron chi connectivity index (χ2n) is 2.70. The van der Waals surface area contributed by atoms with E-state index in [1.807, 2.05) is 0 Å². The Morgan fingerprint density at radius 1 is 1.54 bits per heavy atom. The summed E-state index contributed by atoms with van der Waals surface area (Å²) in [6, 6.07) is 0. The standard InChI is InChI=1S/C8H14O4S/c1-4-13-7(11)8(2,5-9)6(10)12-3/h9H,4-5H2,1-3H3/t8-/m0/s1. The summed E-state index contributed by atoms with van der Waals surface area (Å²) in [5.41, 5.74) is -1.42. The van der Waals surface area contributed by atoms with E-state index in [2.05, 4.69) is 4.74 Å². The molecule has 0 bridgehead atoms. The molecule has 0 aromatic rings. The smallest absolute Gasteiger partial charge is 0.322 e. The van der Waals surface area contributed by atoms with Crippen LogP contribution in [0.3, 0.4) is 0 Å². The van der Waals surface area contributed by atoms with Crippen molar-refractivity contribution in [2.24, 2.45) is 5.41 Å². The lowest BCUT2D eigenvalue weighted by atomic mass is 9.94. The summed E-state index contributed by atoms with van der Waals surface area (Å²) in [6.45, 7) is 2.66. The molecule has 0 saturated carbocycles. The van der Waals surface area contributed by atoms with E-state index < -0.39 is 18.0 Å². The molecule has 0 aromatic heterocycles. The quantitative estimate of drug-likeness (QED) is 0.534. The highest BCUT2D eigenvalue weighted by Gasteiger charge is 2.41. The third-order valence-electron chi connectivity index (χ3n) is 1.68. The number of esters is 1. The van der Waals surface area contributed by atoms with Crippen LogP contribution in [0.2, 0.25) is 0 Å². The molecule has 0 saturated heterocycles. The van der Waals surface area contributed by atoms with Crippen molar-refractivity contribution in [3.63, 3.8) is 0 Å². The van der Waals surface area contributed by atoms with Gasteiger partial charge in [-0.2, -0.15) is 0 Å². The van der Waals surface area contributed by atoms with Crippen molar-refractivity contribution in [2.75, 3.05) is 19.5 Å². The predicted octanol–water partition coefficient (Wildman–Crippen LogP) is 0.438. The first kappa shape index (κ1) is 12.4. The number of rotatable bonds is 4. The topological polar surface area (TPSA) is 63.6 Å². The zero-order valence-electron chi connectivity index (χ0n) is 7.99. The van der Waals surface area contributed by atoms with Crippen LogP contribution in [0.15, 0.2) is 0 Å². The fourth-order valence-electron chi connectivity index (χ4n) is 0.728. The number of aliphatic hydroxyl groups is 1. The van der Waals surface area contributed by atoms with Crippen molar-refractivity contribution in [3.8, 4) is 0 Å². The van der Waals surface area contributed by atoms with E-state index in [-0.39, 0.29) is 5.12 Å². The van der Waals surface area contributed by atoms with Crippen molar-refractivity contribution in [1.29, 1.82) is 0 Å². The molecule has 0 aliphatic carbocycles. The molecule has 0 radical (unpaired) electrons. The average Bonchev–Trinajstić information content (AvgIpc) is 2.15. The highest BCUT2D eigenvalue weighted by atomic mass is 32.2. The maximum absolute atomic E-state index is 11.4. The molecule has 4 nitrogen and oxygen atoms in total. The summed E-state index contributed by atoms with van der Waals surface area (Å²) >= 11 is 1.01. The van der Waals surface area contributed by atoms with Crippen molar-refractivity contribution in [2.45, 2.75) is 13.8 Å². The van der Waals surface area contributed by atoms with Gasteiger partial charge in [-0.3, -0.25) is 9.59 Å². The molecule has 1 N–H and O–H groups in total. The number of ether oxygens (including phenoxy) is 1. The van der Waals surface area contributed by atoms with Crippen LogP contribution in [0.25, 0.3) is 0 Å². The molecular weight excluding hydrogens is 192 g/mol. The first-order chi connectivity index (χ1) is 6.02. The second kappa shape index (κ2) is 5.24. The molecule has 0 rings (SSSR count). The molecule has 0 amide bonds. The van der Waals surface area contributed by atoms with Crippen LogP contribution in [-0.4, -0.2) is 35.7 Å². The van der Waals surface area contributed by atoms with Gasteiger partial charge >= 0.3 is 5.97 Å². The van der Waals surface area contributed by atoms with Crippen LogP contribution >= 0.6 is 11.8 Å². The third-order valence-corrected chi connectivity index (χ3v) is 2.68. The number of carbonyl (C=O) groups is 2. The molecule has 0 aliphatic heterocycles. The summed E-state index contributed by atoms with van der Waals surface area (Å²) in [7, 11) is 1.19. The van der Waals surface area contributed by atoms with E-state index in [1.165, 1.54) is 14.0 Å². The van der Waals surface area contributed by atoms with E-state index in [0.29, 0.717) is 5.75 Å². The lowest BCUT2D eigenvalue weighted by Gasteiger charge is -2.21. The van der Waals surface area contributed by atoms with Crippen molar-refractivity contribution >= 4 is 22.8 Å². The Morgan fingerprint density at radius 3 is 2.38 bits per heavy atom. The monoisotopic (exact) mass is 206 g/mol. The fourth-order valence-corrected chi connectivity index (χ4v) is 1.46. The van der Waals surface area contributed by atoms with Gasteiger partial charge in [0.2, 0.25) is 5.12 Å².